The standard InChI is InChI=1S/C25H27N3O6/c1-3-4-16-6-7-18-23-22(17(12-29)19(28(23)14(2)30)11-27(18)25(16)32)24(31)26-10-15-5-8-20-21(9-15)34-13-33-20/h3-9,17,19,22-23,29H,10-13H2,1-2H3,(H,26,31)/b4-3-/t17-,19-,22+,23+/m1/s1. The van der Waals surface area contributed by atoms with Gasteiger partial charge in [-0.1, -0.05) is 18.2 Å². The Kier molecular flexibility index (Phi) is 5.65. The average molecular weight is 466 g/mol. The highest BCUT2D eigenvalue weighted by Gasteiger charge is 2.56. The zero-order valence-electron chi connectivity index (χ0n) is 19.1. The van der Waals surface area contributed by atoms with Crippen LogP contribution in [0.15, 0.2) is 41.2 Å². The van der Waals surface area contributed by atoms with Crippen molar-refractivity contribution in [3.63, 3.8) is 0 Å². The Morgan fingerprint density at radius 3 is 2.74 bits per heavy atom. The number of amides is 2. The molecule has 0 spiro atoms. The van der Waals surface area contributed by atoms with Gasteiger partial charge in [0.05, 0.1) is 18.0 Å². The van der Waals surface area contributed by atoms with E-state index >= 15 is 0 Å². The average Bonchev–Trinajstić information content (AvgIpc) is 3.39. The first-order valence-electron chi connectivity index (χ1n) is 11.4. The van der Waals surface area contributed by atoms with Gasteiger partial charge < -0.3 is 29.4 Å². The fourth-order valence-corrected chi connectivity index (χ4v) is 5.52. The molecular weight excluding hydrogens is 438 g/mol. The van der Waals surface area contributed by atoms with Crippen molar-refractivity contribution in [1.82, 2.24) is 14.8 Å². The number of benzene rings is 1. The Morgan fingerprint density at radius 1 is 1.21 bits per heavy atom. The molecule has 1 aromatic heterocycles. The molecule has 0 radical (unpaired) electrons. The second kappa shape index (κ2) is 8.64. The lowest BCUT2D eigenvalue weighted by atomic mass is 9.86. The third-order valence-electron chi connectivity index (χ3n) is 6.99. The Morgan fingerprint density at radius 2 is 2.00 bits per heavy atom. The molecule has 9 nitrogen and oxygen atoms in total. The first-order chi connectivity index (χ1) is 16.4. The molecule has 2 amide bonds. The van der Waals surface area contributed by atoms with Crippen LogP contribution in [0.25, 0.3) is 6.08 Å². The van der Waals surface area contributed by atoms with Crippen molar-refractivity contribution in [2.45, 2.75) is 39.0 Å². The number of hydrogen-bond acceptors (Lipinski definition) is 6. The topological polar surface area (TPSA) is 110 Å². The molecule has 1 saturated heterocycles. The van der Waals surface area contributed by atoms with Crippen LogP contribution >= 0.6 is 0 Å². The lowest BCUT2D eigenvalue weighted by Crippen LogP contribution is -2.48. The first-order valence-corrected chi connectivity index (χ1v) is 11.4. The minimum Gasteiger partial charge on any atom is -0.454 e. The van der Waals surface area contributed by atoms with Crippen molar-refractivity contribution in [1.29, 1.82) is 0 Å². The van der Waals surface area contributed by atoms with Gasteiger partial charge in [0.2, 0.25) is 18.6 Å². The predicted molar refractivity (Wildman–Crippen MR) is 123 cm³/mol. The molecule has 3 aliphatic heterocycles. The van der Waals surface area contributed by atoms with Gasteiger partial charge in [-0.25, -0.2) is 0 Å². The van der Waals surface area contributed by atoms with Gasteiger partial charge in [0.1, 0.15) is 0 Å². The maximum Gasteiger partial charge on any atom is 0.258 e. The van der Waals surface area contributed by atoms with E-state index in [1.54, 1.807) is 33.8 Å². The summed E-state index contributed by atoms with van der Waals surface area (Å²) in [6.45, 7) is 3.71. The van der Waals surface area contributed by atoms with Gasteiger partial charge in [-0.2, -0.15) is 0 Å². The Balaban J connectivity index is 1.47. The SMILES string of the molecule is C/C=C\c1ccc2n(c1=O)C[C@@H]1[C@@H](CO)[C@H](C(=O)NCc3ccc4c(c3)OCO4)[C@H]2N1C(C)=O. The number of rotatable bonds is 5. The number of pyridine rings is 1. The number of hydrogen-bond donors (Lipinski definition) is 2. The molecule has 2 N–H and O–H groups in total. The number of carbonyl (C=O) groups excluding carboxylic acids is 2. The molecule has 9 heteroatoms. The summed E-state index contributed by atoms with van der Waals surface area (Å²) in [6.07, 6.45) is 3.54. The summed E-state index contributed by atoms with van der Waals surface area (Å²) in [5.74, 6) is -0.338. The van der Waals surface area contributed by atoms with Crippen molar-refractivity contribution in [2.24, 2.45) is 11.8 Å². The highest BCUT2D eigenvalue weighted by Crippen LogP contribution is 2.48. The van der Waals surface area contributed by atoms with E-state index < -0.39 is 23.9 Å². The normalized spacial score (nSPS) is 24.4. The predicted octanol–water partition coefficient (Wildman–Crippen LogP) is 1.44. The number of ether oxygens (including phenoxy) is 2. The number of aliphatic hydroxyl groups is 1. The smallest absolute Gasteiger partial charge is 0.258 e. The van der Waals surface area contributed by atoms with Crippen molar-refractivity contribution >= 4 is 17.9 Å². The molecule has 0 aliphatic carbocycles. The van der Waals surface area contributed by atoms with Gasteiger partial charge in [-0.05, 0) is 36.8 Å². The van der Waals surface area contributed by atoms with Crippen LogP contribution < -0.4 is 20.3 Å². The van der Waals surface area contributed by atoms with Crippen LogP contribution in [-0.2, 0) is 22.7 Å². The minimum atomic E-state index is -0.686. The maximum atomic E-state index is 13.5. The summed E-state index contributed by atoms with van der Waals surface area (Å²) in [5.41, 5.74) is 1.84. The molecule has 178 valence electrons. The highest BCUT2D eigenvalue weighted by molar-refractivity contribution is 5.83. The molecule has 0 saturated carbocycles. The molecule has 4 atom stereocenters. The van der Waals surface area contributed by atoms with Gasteiger partial charge in [0, 0.05) is 43.8 Å². The molecule has 3 aliphatic rings. The second-order valence-electron chi connectivity index (χ2n) is 8.85. The number of aliphatic hydroxyl groups excluding tert-OH is 1. The molecule has 5 rings (SSSR count). The zero-order valence-corrected chi connectivity index (χ0v) is 19.1. The number of carbonyl (C=O) groups is 2. The fourth-order valence-electron chi connectivity index (χ4n) is 5.52. The second-order valence-corrected chi connectivity index (χ2v) is 8.85. The Hall–Kier alpha value is -3.59. The van der Waals surface area contributed by atoms with E-state index in [1.165, 1.54) is 6.92 Å². The van der Waals surface area contributed by atoms with E-state index in [9.17, 15) is 19.5 Å². The van der Waals surface area contributed by atoms with Gasteiger partial charge >= 0.3 is 0 Å². The molecule has 1 aromatic carbocycles. The molecule has 34 heavy (non-hydrogen) atoms. The lowest BCUT2D eigenvalue weighted by molar-refractivity contribution is -0.134. The summed E-state index contributed by atoms with van der Waals surface area (Å²) >= 11 is 0. The maximum absolute atomic E-state index is 13.5. The van der Waals surface area contributed by atoms with Crippen molar-refractivity contribution in [3.05, 3.63) is 63.6 Å². The number of nitrogens with one attached hydrogen (secondary N) is 1. The number of allylic oxidation sites excluding steroid dienone is 1. The van der Waals surface area contributed by atoms with Crippen molar-refractivity contribution in [2.75, 3.05) is 13.4 Å². The quantitative estimate of drug-likeness (QED) is 0.692. The van der Waals surface area contributed by atoms with Crippen LogP contribution in [-0.4, -0.2) is 45.8 Å². The fraction of sp³-hybridized carbons (Fsp3) is 0.400. The summed E-state index contributed by atoms with van der Waals surface area (Å²) in [6, 6.07) is 7.93. The van der Waals surface area contributed by atoms with Crippen molar-refractivity contribution < 1.29 is 24.2 Å². The summed E-state index contributed by atoms with van der Waals surface area (Å²) in [5, 5.41) is 13.2. The Labute approximate surface area is 196 Å². The van der Waals surface area contributed by atoms with E-state index in [0.717, 1.165) is 5.56 Å². The van der Waals surface area contributed by atoms with E-state index in [1.807, 2.05) is 25.1 Å². The third kappa shape index (κ3) is 3.47. The minimum absolute atomic E-state index is 0.160. The molecule has 4 heterocycles. The number of nitrogens with zero attached hydrogens (tertiary/aromatic N) is 2. The van der Waals surface area contributed by atoms with Crippen LogP contribution in [0.5, 0.6) is 11.5 Å². The van der Waals surface area contributed by atoms with Gasteiger partial charge in [-0.3, -0.25) is 14.4 Å². The van der Waals surface area contributed by atoms with E-state index in [0.29, 0.717) is 22.8 Å². The van der Waals surface area contributed by atoms with Crippen molar-refractivity contribution in [3.8, 4) is 11.5 Å². The third-order valence-corrected chi connectivity index (χ3v) is 6.99. The number of aromatic nitrogens is 1. The van der Waals surface area contributed by atoms with Crippen LogP contribution in [0, 0.1) is 11.8 Å². The summed E-state index contributed by atoms with van der Waals surface area (Å²) in [7, 11) is 0. The monoisotopic (exact) mass is 465 g/mol. The van der Waals surface area contributed by atoms with E-state index in [4.69, 9.17) is 9.47 Å². The molecule has 2 bridgehead atoms. The van der Waals surface area contributed by atoms with E-state index in [-0.39, 0.29) is 43.9 Å². The molecule has 2 aromatic rings. The highest BCUT2D eigenvalue weighted by atomic mass is 16.7. The van der Waals surface area contributed by atoms with Crippen LogP contribution in [0.1, 0.15) is 36.7 Å². The van der Waals surface area contributed by atoms with Crippen LogP contribution in [0.2, 0.25) is 0 Å². The summed E-state index contributed by atoms with van der Waals surface area (Å²) in [4.78, 5) is 40.9. The zero-order chi connectivity index (χ0) is 24.0. The largest absolute Gasteiger partial charge is 0.454 e. The van der Waals surface area contributed by atoms with E-state index in [2.05, 4.69) is 5.32 Å². The van der Waals surface area contributed by atoms with Crippen LogP contribution in [0.4, 0.5) is 0 Å². The lowest BCUT2D eigenvalue weighted by Gasteiger charge is -2.37. The van der Waals surface area contributed by atoms with Gasteiger partial charge in [0.25, 0.3) is 5.56 Å². The van der Waals surface area contributed by atoms with Gasteiger partial charge in [0.15, 0.2) is 11.5 Å². The number of fused-ring (bicyclic) bond motifs is 5. The molecule has 1 fully saturated rings. The van der Waals surface area contributed by atoms with Crippen LogP contribution in [0.3, 0.4) is 0 Å². The first kappa shape index (κ1) is 22.2. The molecular formula is C25H27N3O6. The summed E-state index contributed by atoms with van der Waals surface area (Å²) < 4.78 is 12.4. The van der Waals surface area contributed by atoms with Gasteiger partial charge in [-0.15, -0.1) is 0 Å². The Bertz CT molecular complexity index is 1240. The molecule has 0 unspecified atom stereocenters.